The molecule has 2 amide bonds. The summed E-state index contributed by atoms with van der Waals surface area (Å²) < 4.78 is 28.8. The van der Waals surface area contributed by atoms with Crippen LogP contribution in [-0.4, -0.2) is 62.2 Å². The van der Waals surface area contributed by atoms with Crippen LogP contribution in [0.2, 0.25) is 5.02 Å². The number of hydrogen-bond donors (Lipinski definition) is 1. The normalized spacial score (nSPS) is 12.9. The summed E-state index contributed by atoms with van der Waals surface area (Å²) >= 11 is 6.49. The number of nitrogens with zero attached hydrogens (tertiary/aromatic N) is 3. The molecule has 40 heavy (non-hydrogen) atoms. The molecule has 1 N–H and O–H groups in total. The lowest BCUT2D eigenvalue weighted by atomic mass is 10.0. The predicted octanol–water partition coefficient (Wildman–Crippen LogP) is 4.51. The number of para-hydroxylation sites is 1. The van der Waals surface area contributed by atoms with Gasteiger partial charge < -0.3 is 10.2 Å². The molecule has 0 saturated heterocycles. The van der Waals surface area contributed by atoms with Crippen LogP contribution in [0.4, 0.5) is 5.69 Å². The van der Waals surface area contributed by atoms with Gasteiger partial charge in [-0.05, 0) is 42.7 Å². The largest absolute Gasteiger partial charge is 0.352 e. The van der Waals surface area contributed by atoms with Gasteiger partial charge in [0.05, 0.1) is 5.69 Å². The summed E-state index contributed by atoms with van der Waals surface area (Å²) in [4.78, 5) is 29.3. The number of carbonyl (C=O) groups is 2. The topological polar surface area (TPSA) is 90.0 Å². The van der Waals surface area contributed by atoms with Gasteiger partial charge in [-0.25, -0.2) is 4.31 Å². The fourth-order valence-electron chi connectivity index (χ4n) is 4.12. The van der Waals surface area contributed by atoms with Crippen molar-refractivity contribution in [3.05, 3.63) is 101 Å². The smallest absolute Gasteiger partial charge is 0.304 e. The Morgan fingerprint density at radius 3 is 2.05 bits per heavy atom. The van der Waals surface area contributed by atoms with E-state index in [9.17, 15) is 18.0 Å². The first-order chi connectivity index (χ1) is 19.0. The lowest BCUT2D eigenvalue weighted by Gasteiger charge is -2.35. The molecule has 8 nitrogen and oxygen atoms in total. The van der Waals surface area contributed by atoms with Gasteiger partial charge in [0, 0.05) is 38.1 Å². The molecule has 0 fully saturated rings. The lowest BCUT2D eigenvalue weighted by molar-refractivity contribution is -0.140. The minimum Gasteiger partial charge on any atom is -0.352 e. The van der Waals surface area contributed by atoms with E-state index in [2.05, 4.69) is 5.32 Å². The van der Waals surface area contributed by atoms with E-state index >= 15 is 0 Å². The zero-order chi connectivity index (χ0) is 29.3. The fraction of sp³-hybridized carbons (Fsp3) is 0.333. The monoisotopic (exact) mass is 584 g/mol. The van der Waals surface area contributed by atoms with Crippen molar-refractivity contribution < 1.29 is 18.0 Å². The molecule has 0 aliphatic rings. The van der Waals surface area contributed by atoms with Crippen LogP contribution in [0.1, 0.15) is 31.4 Å². The highest BCUT2D eigenvalue weighted by molar-refractivity contribution is 7.90. The van der Waals surface area contributed by atoms with Gasteiger partial charge in [-0.1, -0.05) is 85.3 Å². The van der Waals surface area contributed by atoms with Crippen LogP contribution in [0.3, 0.4) is 0 Å². The Labute approximate surface area is 242 Å². The Balaban J connectivity index is 2.09. The van der Waals surface area contributed by atoms with Crippen LogP contribution < -0.4 is 9.62 Å². The van der Waals surface area contributed by atoms with Crippen molar-refractivity contribution in [1.29, 1.82) is 0 Å². The Bertz CT molecular complexity index is 1370. The van der Waals surface area contributed by atoms with E-state index in [1.807, 2.05) is 50.2 Å². The van der Waals surface area contributed by atoms with Crippen molar-refractivity contribution in [2.75, 3.05) is 24.9 Å². The number of rotatable bonds is 13. The predicted molar refractivity (Wildman–Crippen MR) is 160 cm³/mol. The van der Waals surface area contributed by atoms with Gasteiger partial charge in [0.1, 0.15) is 12.6 Å². The van der Waals surface area contributed by atoms with Crippen molar-refractivity contribution in [1.82, 2.24) is 14.5 Å². The van der Waals surface area contributed by atoms with E-state index < -0.39 is 28.7 Å². The lowest BCUT2D eigenvalue weighted by Crippen LogP contribution is -2.55. The molecule has 0 radical (unpaired) electrons. The minimum absolute atomic E-state index is 0.0224. The molecule has 214 valence electrons. The zero-order valence-electron chi connectivity index (χ0n) is 23.3. The van der Waals surface area contributed by atoms with E-state index in [4.69, 9.17) is 11.6 Å². The Kier molecular flexibility index (Phi) is 11.1. The summed E-state index contributed by atoms with van der Waals surface area (Å²) in [5.74, 6) is -0.852. The molecule has 10 heteroatoms. The molecule has 0 saturated carbocycles. The highest BCUT2D eigenvalue weighted by Gasteiger charge is 2.35. The zero-order valence-corrected chi connectivity index (χ0v) is 24.9. The van der Waals surface area contributed by atoms with Crippen molar-refractivity contribution in [3.8, 4) is 0 Å². The first-order valence-electron chi connectivity index (χ1n) is 13.2. The maximum atomic E-state index is 14.2. The first kappa shape index (κ1) is 31.1. The summed E-state index contributed by atoms with van der Waals surface area (Å²) in [6.45, 7) is 3.39. The Morgan fingerprint density at radius 1 is 0.900 bits per heavy atom. The van der Waals surface area contributed by atoms with E-state index in [0.717, 1.165) is 14.2 Å². The Morgan fingerprint density at radius 2 is 1.48 bits per heavy atom. The summed E-state index contributed by atoms with van der Waals surface area (Å²) in [6.07, 6.45) is 0.955. The molecule has 3 aromatic carbocycles. The van der Waals surface area contributed by atoms with Gasteiger partial charge in [-0.3, -0.25) is 9.59 Å². The van der Waals surface area contributed by atoms with Crippen LogP contribution in [0.5, 0.6) is 0 Å². The maximum Gasteiger partial charge on any atom is 0.304 e. The van der Waals surface area contributed by atoms with Gasteiger partial charge in [0.15, 0.2) is 0 Å². The van der Waals surface area contributed by atoms with Crippen molar-refractivity contribution in [2.45, 2.75) is 45.3 Å². The molecule has 0 aliphatic heterocycles. The second kappa shape index (κ2) is 14.3. The number of benzene rings is 3. The van der Waals surface area contributed by atoms with Gasteiger partial charge in [-0.2, -0.15) is 12.7 Å². The van der Waals surface area contributed by atoms with Crippen LogP contribution >= 0.6 is 11.6 Å². The van der Waals surface area contributed by atoms with Crippen LogP contribution in [0.15, 0.2) is 84.9 Å². The second-order valence-electron chi connectivity index (χ2n) is 9.77. The number of amides is 2. The van der Waals surface area contributed by atoms with Gasteiger partial charge in [0.25, 0.3) is 0 Å². The summed E-state index contributed by atoms with van der Waals surface area (Å²) in [5, 5.41) is 3.46. The first-order valence-corrected chi connectivity index (χ1v) is 14.9. The highest BCUT2D eigenvalue weighted by atomic mass is 35.5. The third-order valence-corrected chi connectivity index (χ3v) is 8.82. The quantitative estimate of drug-likeness (QED) is 0.320. The summed E-state index contributed by atoms with van der Waals surface area (Å²) in [5.41, 5.74) is 1.85. The molecule has 0 heterocycles. The molecule has 0 unspecified atom stereocenters. The van der Waals surface area contributed by atoms with Crippen molar-refractivity contribution in [3.63, 3.8) is 0 Å². The van der Waals surface area contributed by atoms with Gasteiger partial charge in [0.2, 0.25) is 11.8 Å². The number of hydrogen-bond acceptors (Lipinski definition) is 4. The SMILES string of the molecule is CC[C@H](C)NC(=O)[C@H](Cc1ccccc1)N(Cc1ccccc1Cl)C(=O)CN(c1ccccc1)S(=O)(=O)N(C)C. The number of halogens is 1. The summed E-state index contributed by atoms with van der Waals surface area (Å²) in [6, 6.07) is 23.9. The Hall–Kier alpha value is -3.40. The third kappa shape index (κ3) is 8.06. The number of anilines is 1. The molecule has 3 aromatic rings. The average molecular weight is 585 g/mol. The van der Waals surface area contributed by atoms with Crippen LogP contribution in [-0.2, 0) is 32.8 Å². The van der Waals surface area contributed by atoms with Crippen LogP contribution in [0, 0.1) is 0 Å². The molecule has 0 aromatic heterocycles. The van der Waals surface area contributed by atoms with Crippen LogP contribution in [0.25, 0.3) is 0 Å². The average Bonchev–Trinajstić information content (AvgIpc) is 2.95. The second-order valence-corrected chi connectivity index (χ2v) is 12.2. The molecule has 0 aliphatic carbocycles. The minimum atomic E-state index is -4.04. The number of carbonyl (C=O) groups excluding carboxylic acids is 2. The van der Waals surface area contributed by atoms with E-state index in [1.165, 1.54) is 19.0 Å². The molecular weight excluding hydrogens is 548 g/mol. The highest BCUT2D eigenvalue weighted by Crippen LogP contribution is 2.23. The molecule has 2 atom stereocenters. The molecular formula is C30H37ClN4O4S. The van der Waals surface area contributed by atoms with Gasteiger partial charge in [-0.15, -0.1) is 0 Å². The fourth-order valence-corrected chi connectivity index (χ4v) is 5.37. The standard InChI is InChI=1S/C30H37ClN4O4S/c1-5-23(2)32-30(37)28(20-24-14-8-6-9-15-24)34(21-25-16-12-13-19-27(25)31)29(36)22-35(40(38,39)33(3)4)26-17-10-7-11-18-26/h6-19,23,28H,5,20-22H2,1-4H3,(H,32,37)/t23-,28-/m0/s1. The van der Waals surface area contributed by atoms with E-state index in [-0.39, 0.29) is 24.9 Å². The number of nitrogens with one attached hydrogen (secondary N) is 1. The summed E-state index contributed by atoms with van der Waals surface area (Å²) in [7, 11) is -1.21. The maximum absolute atomic E-state index is 14.2. The van der Waals surface area contributed by atoms with E-state index in [0.29, 0.717) is 22.7 Å². The van der Waals surface area contributed by atoms with E-state index in [1.54, 1.807) is 48.5 Å². The third-order valence-electron chi connectivity index (χ3n) is 6.63. The molecule has 0 bridgehead atoms. The molecule has 0 spiro atoms. The van der Waals surface area contributed by atoms with Gasteiger partial charge >= 0.3 is 10.2 Å². The van der Waals surface area contributed by atoms with Crippen molar-refractivity contribution in [2.24, 2.45) is 0 Å². The molecule has 3 rings (SSSR count). The van der Waals surface area contributed by atoms with Crippen molar-refractivity contribution >= 4 is 39.3 Å².